The van der Waals surface area contributed by atoms with Crippen molar-refractivity contribution in [2.24, 2.45) is 0 Å². The Hall–Kier alpha value is -2.42. The van der Waals surface area contributed by atoms with E-state index in [4.69, 9.17) is 4.74 Å². The minimum absolute atomic E-state index is 0.0611. The van der Waals surface area contributed by atoms with Crippen LogP contribution in [0.3, 0.4) is 0 Å². The van der Waals surface area contributed by atoms with E-state index in [9.17, 15) is 13.2 Å². The summed E-state index contributed by atoms with van der Waals surface area (Å²) in [7, 11) is -3.55. The SMILES string of the molecule is CCOc1ccc(S(=O)(=O)N2CC[NH+]([C@@H](C)C(=O)Nc3ccccc3)CC2)cc1. The molecule has 2 aromatic rings. The maximum Gasteiger partial charge on any atom is 0.282 e. The number of quaternary nitrogens is 1. The van der Waals surface area contributed by atoms with Crippen LogP contribution in [0.25, 0.3) is 0 Å². The number of anilines is 1. The monoisotopic (exact) mass is 418 g/mol. The molecule has 29 heavy (non-hydrogen) atoms. The minimum Gasteiger partial charge on any atom is -0.494 e. The van der Waals surface area contributed by atoms with Gasteiger partial charge < -0.3 is 15.0 Å². The van der Waals surface area contributed by atoms with Crippen LogP contribution in [-0.4, -0.2) is 57.5 Å². The molecule has 8 heteroatoms. The second-order valence-electron chi connectivity index (χ2n) is 7.04. The molecule has 1 amide bonds. The number of benzene rings is 2. The smallest absolute Gasteiger partial charge is 0.282 e. The van der Waals surface area contributed by atoms with Crippen molar-refractivity contribution in [1.82, 2.24) is 4.31 Å². The summed E-state index contributed by atoms with van der Waals surface area (Å²) in [5.74, 6) is 0.591. The average molecular weight is 419 g/mol. The molecule has 1 aliphatic rings. The first-order chi connectivity index (χ1) is 13.9. The summed E-state index contributed by atoms with van der Waals surface area (Å²) < 4.78 is 32.7. The van der Waals surface area contributed by atoms with E-state index in [-0.39, 0.29) is 16.8 Å². The number of hydrogen-bond donors (Lipinski definition) is 2. The van der Waals surface area contributed by atoms with E-state index in [1.807, 2.05) is 44.2 Å². The Bertz CT molecular complexity index is 909. The molecule has 1 saturated heterocycles. The van der Waals surface area contributed by atoms with E-state index in [1.165, 1.54) is 4.31 Å². The molecule has 7 nitrogen and oxygen atoms in total. The van der Waals surface area contributed by atoms with Gasteiger partial charge in [-0.25, -0.2) is 8.42 Å². The number of rotatable bonds is 7. The number of carbonyl (C=O) groups excluding carboxylic acids is 1. The third kappa shape index (κ3) is 5.14. The average Bonchev–Trinajstić information content (AvgIpc) is 2.74. The highest BCUT2D eigenvalue weighted by molar-refractivity contribution is 7.89. The van der Waals surface area contributed by atoms with Crippen LogP contribution in [-0.2, 0) is 14.8 Å². The van der Waals surface area contributed by atoms with Gasteiger partial charge in [0.25, 0.3) is 5.91 Å². The normalized spacial score (nSPS) is 16.9. The molecule has 0 spiro atoms. The molecule has 2 N–H and O–H groups in total. The van der Waals surface area contributed by atoms with Crippen molar-refractivity contribution in [2.75, 3.05) is 38.1 Å². The molecule has 0 unspecified atom stereocenters. The van der Waals surface area contributed by atoms with Gasteiger partial charge >= 0.3 is 0 Å². The zero-order chi connectivity index (χ0) is 20.9. The van der Waals surface area contributed by atoms with Crippen molar-refractivity contribution >= 4 is 21.6 Å². The minimum atomic E-state index is -3.55. The number of amides is 1. The molecule has 1 heterocycles. The van der Waals surface area contributed by atoms with Crippen LogP contribution in [0.1, 0.15) is 13.8 Å². The third-order valence-electron chi connectivity index (χ3n) is 5.18. The highest BCUT2D eigenvalue weighted by Gasteiger charge is 2.34. The summed E-state index contributed by atoms with van der Waals surface area (Å²) in [6.07, 6.45) is 0. The molecule has 0 aliphatic carbocycles. The largest absolute Gasteiger partial charge is 0.494 e. The van der Waals surface area contributed by atoms with Gasteiger partial charge in [0.15, 0.2) is 6.04 Å². The Morgan fingerprint density at radius 2 is 1.72 bits per heavy atom. The fourth-order valence-electron chi connectivity index (χ4n) is 3.43. The Labute approximate surface area is 172 Å². The number of nitrogens with zero attached hydrogens (tertiary/aromatic N) is 1. The number of piperazine rings is 1. The first kappa shape index (κ1) is 21.3. The highest BCUT2D eigenvalue weighted by Crippen LogP contribution is 2.19. The standard InChI is InChI=1S/C21H27N3O4S/c1-3-28-19-9-11-20(12-10-19)29(26,27)24-15-13-23(14-16-24)17(2)21(25)22-18-7-5-4-6-8-18/h4-12,17H,3,13-16H2,1-2H3,(H,22,25)/p+1/t17-/m0/s1. The Morgan fingerprint density at radius 3 is 2.31 bits per heavy atom. The van der Waals surface area contributed by atoms with Gasteiger partial charge in [0, 0.05) is 5.69 Å². The van der Waals surface area contributed by atoms with Crippen molar-refractivity contribution in [2.45, 2.75) is 24.8 Å². The molecule has 1 fully saturated rings. The van der Waals surface area contributed by atoms with E-state index in [0.717, 1.165) is 10.6 Å². The number of carbonyl (C=O) groups is 1. The lowest BCUT2D eigenvalue weighted by atomic mass is 10.2. The second-order valence-corrected chi connectivity index (χ2v) is 8.98. The van der Waals surface area contributed by atoms with E-state index >= 15 is 0 Å². The summed E-state index contributed by atoms with van der Waals surface area (Å²) in [6.45, 7) is 6.23. The fourth-order valence-corrected chi connectivity index (χ4v) is 4.87. The van der Waals surface area contributed by atoms with Crippen LogP contribution in [0.15, 0.2) is 59.5 Å². The fraction of sp³-hybridized carbons (Fsp3) is 0.381. The van der Waals surface area contributed by atoms with Gasteiger partial charge in [-0.3, -0.25) is 4.79 Å². The second kappa shape index (κ2) is 9.39. The van der Waals surface area contributed by atoms with Gasteiger partial charge in [-0.15, -0.1) is 0 Å². The van der Waals surface area contributed by atoms with Crippen molar-refractivity contribution in [1.29, 1.82) is 0 Å². The summed E-state index contributed by atoms with van der Waals surface area (Å²) in [4.78, 5) is 13.9. The van der Waals surface area contributed by atoms with Gasteiger partial charge in [0.1, 0.15) is 5.75 Å². The Balaban J connectivity index is 1.58. The summed E-state index contributed by atoms with van der Waals surface area (Å²) in [5.41, 5.74) is 0.764. The van der Waals surface area contributed by atoms with E-state index in [2.05, 4.69) is 5.32 Å². The number of para-hydroxylation sites is 1. The van der Waals surface area contributed by atoms with E-state index in [1.54, 1.807) is 24.3 Å². The van der Waals surface area contributed by atoms with Crippen molar-refractivity contribution in [3.05, 3.63) is 54.6 Å². The first-order valence-corrected chi connectivity index (χ1v) is 11.3. The van der Waals surface area contributed by atoms with Crippen molar-refractivity contribution < 1.29 is 22.8 Å². The molecule has 156 valence electrons. The van der Waals surface area contributed by atoms with Crippen LogP contribution in [0.5, 0.6) is 5.75 Å². The van der Waals surface area contributed by atoms with Crippen molar-refractivity contribution in [3.63, 3.8) is 0 Å². The molecular weight excluding hydrogens is 390 g/mol. The first-order valence-electron chi connectivity index (χ1n) is 9.85. The Morgan fingerprint density at radius 1 is 1.10 bits per heavy atom. The topological polar surface area (TPSA) is 80.2 Å². The number of ether oxygens (including phenoxy) is 1. The highest BCUT2D eigenvalue weighted by atomic mass is 32.2. The number of sulfonamides is 1. The van der Waals surface area contributed by atoms with Gasteiger partial charge in [-0.1, -0.05) is 18.2 Å². The predicted octanol–water partition coefficient (Wildman–Crippen LogP) is 1.00. The lowest BCUT2D eigenvalue weighted by molar-refractivity contribution is -0.917. The van der Waals surface area contributed by atoms with Gasteiger partial charge in [0.05, 0.1) is 37.7 Å². The molecule has 1 aliphatic heterocycles. The maximum atomic E-state index is 12.9. The molecule has 0 radical (unpaired) electrons. The zero-order valence-electron chi connectivity index (χ0n) is 16.8. The van der Waals surface area contributed by atoms with Gasteiger partial charge in [-0.05, 0) is 50.2 Å². The molecule has 2 aromatic carbocycles. The van der Waals surface area contributed by atoms with Crippen LogP contribution in [0.4, 0.5) is 5.69 Å². The van der Waals surface area contributed by atoms with Crippen LogP contribution >= 0.6 is 0 Å². The molecular formula is C21H28N3O4S+. The van der Waals surface area contributed by atoms with Gasteiger partial charge in [0.2, 0.25) is 10.0 Å². The van der Waals surface area contributed by atoms with Crippen LogP contribution in [0.2, 0.25) is 0 Å². The number of nitrogens with one attached hydrogen (secondary N) is 2. The zero-order valence-corrected chi connectivity index (χ0v) is 17.6. The molecule has 0 bridgehead atoms. The summed E-state index contributed by atoms with van der Waals surface area (Å²) in [5, 5.41) is 2.92. The van der Waals surface area contributed by atoms with Gasteiger partial charge in [-0.2, -0.15) is 4.31 Å². The van der Waals surface area contributed by atoms with Crippen LogP contribution in [0, 0.1) is 0 Å². The molecule has 1 atom stereocenters. The maximum absolute atomic E-state index is 12.9. The van der Waals surface area contributed by atoms with E-state index in [0.29, 0.717) is 38.5 Å². The Kier molecular flexibility index (Phi) is 6.89. The summed E-state index contributed by atoms with van der Waals surface area (Å²) in [6, 6.07) is 15.6. The van der Waals surface area contributed by atoms with Crippen molar-refractivity contribution in [3.8, 4) is 5.75 Å². The third-order valence-corrected chi connectivity index (χ3v) is 7.10. The predicted molar refractivity (Wildman–Crippen MR) is 112 cm³/mol. The van der Waals surface area contributed by atoms with E-state index < -0.39 is 10.0 Å². The lowest BCUT2D eigenvalue weighted by Gasteiger charge is -2.34. The molecule has 0 aromatic heterocycles. The lowest BCUT2D eigenvalue weighted by Crippen LogP contribution is -3.19. The summed E-state index contributed by atoms with van der Waals surface area (Å²) >= 11 is 0. The molecule has 3 rings (SSSR count). The molecule has 0 saturated carbocycles. The quantitative estimate of drug-likeness (QED) is 0.703. The number of hydrogen-bond acceptors (Lipinski definition) is 4. The van der Waals surface area contributed by atoms with Crippen LogP contribution < -0.4 is 15.0 Å².